The van der Waals surface area contributed by atoms with Gasteiger partial charge in [-0.15, -0.1) is 0 Å². The summed E-state index contributed by atoms with van der Waals surface area (Å²) < 4.78 is 13.8. The summed E-state index contributed by atoms with van der Waals surface area (Å²) in [7, 11) is 0. The van der Waals surface area contributed by atoms with Gasteiger partial charge in [0.1, 0.15) is 17.2 Å². The van der Waals surface area contributed by atoms with Crippen LogP contribution in [0.15, 0.2) is 42.6 Å². The maximum Gasteiger partial charge on any atom is 0.407 e. The molecule has 1 aromatic heterocycles. The van der Waals surface area contributed by atoms with Crippen LogP contribution in [0.4, 0.5) is 9.18 Å². The van der Waals surface area contributed by atoms with E-state index in [4.69, 9.17) is 0 Å². The van der Waals surface area contributed by atoms with Crippen molar-refractivity contribution in [3.8, 4) is 5.75 Å². The smallest absolute Gasteiger partial charge is 0.407 e. The van der Waals surface area contributed by atoms with Crippen molar-refractivity contribution in [2.24, 2.45) is 5.92 Å². The van der Waals surface area contributed by atoms with Gasteiger partial charge in [-0.2, -0.15) is 0 Å². The Balaban J connectivity index is 1.62. The second-order valence-electron chi connectivity index (χ2n) is 7.13. The maximum absolute atomic E-state index is 13.8. The van der Waals surface area contributed by atoms with E-state index >= 15 is 0 Å². The van der Waals surface area contributed by atoms with E-state index in [0.29, 0.717) is 43.5 Å². The first-order valence-electron chi connectivity index (χ1n) is 8.96. The van der Waals surface area contributed by atoms with Gasteiger partial charge in [-0.1, -0.05) is 18.2 Å². The highest BCUT2D eigenvalue weighted by Crippen LogP contribution is 2.39. The van der Waals surface area contributed by atoms with Gasteiger partial charge in [0.25, 0.3) is 0 Å². The van der Waals surface area contributed by atoms with Gasteiger partial charge in [0, 0.05) is 12.1 Å². The van der Waals surface area contributed by atoms with Crippen LogP contribution in [0.25, 0.3) is 0 Å². The molecule has 1 aliphatic rings. The number of halogens is 1. The molecule has 0 radical (unpaired) electrons. The molecule has 0 aliphatic heterocycles. The zero-order chi connectivity index (χ0) is 19.4. The molecule has 1 saturated carbocycles. The van der Waals surface area contributed by atoms with Crippen molar-refractivity contribution in [3.63, 3.8) is 0 Å². The fourth-order valence-electron chi connectivity index (χ4n) is 3.61. The number of carbonyl (C=O) groups is 1. The largest absolute Gasteiger partial charge is 0.506 e. The Morgan fingerprint density at radius 1 is 1.22 bits per heavy atom. The highest BCUT2D eigenvalue weighted by atomic mass is 19.1. The molecule has 3 rings (SSSR count). The van der Waals surface area contributed by atoms with Crippen molar-refractivity contribution in [1.29, 1.82) is 0 Å². The summed E-state index contributed by atoms with van der Waals surface area (Å²) in [5, 5.41) is 29.7. The number of aromatic hydroxyl groups is 1. The lowest BCUT2D eigenvalue weighted by Gasteiger charge is -2.37. The summed E-state index contributed by atoms with van der Waals surface area (Å²) in [4.78, 5) is 16.9. The van der Waals surface area contributed by atoms with Crippen molar-refractivity contribution < 1.29 is 24.5 Å². The fourth-order valence-corrected chi connectivity index (χ4v) is 3.61. The summed E-state index contributed by atoms with van der Waals surface area (Å²) >= 11 is 0. The molecule has 1 fully saturated rings. The van der Waals surface area contributed by atoms with Crippen molar-refractivity contribution in [3.05, 3.63) is 59.7 Å². The first kappa shape index (κ1) is 19.1. The number of carboxylic acid groups (broad SMARTS) is 1. The van der Waals surface area contributed by atoms with Crippen LogP contribution in [-0.4, -0.2) is 37.8 Å². The monoisotopic (exact) mass is 374 g/mol. The molecule has 7 heteroatoms. The van der Waals surface area contributed by atoms with Crippen molar-refractivity contribution in [1.82, 2.24) is 9.88 Å². The van der Waals surface area contributed by atoms with E-state index in [1.807, 2.05) is 0 Å². The zero-order valence-corrected chi connectivity index (χ0v) is 14.9. The lowest BCUT2D eigenvalue weighted by molar-refractivity contribution is -0.0216. The van der Waals surface area contributed by atoms with Crippen molar-refractivity contribution in [2.75, 3.05) is 6.54 Å². The summed E-state index contributed by atoms with van der Waals surface area (Å²) in [6.45, 7) is 0.297. The second-order valence-corrected chi connectivity index (χ2v) is 7.13. The number of aromatic nitrogens is 1. The van der Waals surface area contributed by atoms with Crippen LogP contribution in [0.3, 0.4) is 0 Å². The van der Waals surface area contributed by atoms with Crippen LogP contribution < -0.4 is 0 Å². The molecule has 0 atom stereocenters. The Morgan fingerprint density at radius 2 is 1.93 bits per heavy atom. The quantitative estimate of drug-likeness (QED) is 0.745. The van der Waals surface area contributed by atoms with E-state index in [1.165, 1.54) is 23.2 Å². The van der Waals surface area contributed by atoms with Crippen LogP contribution in [0.2, 0.25) is 0 Å². The maximum atomic E-state index is 13.8. The van der Waals surface area contributed by atoms with Gasteiger partial charge in [-0.05, 0) is 49.8 Å². The Morgan fingerprint density at radius 3 is 2.52 bits per heavy atom. The molecule has 1 aliphatic carbocycles. The third kappa shape index (κ3) is 4.54. The third-order valence-electron chi connectivity index (χ3n) is 5.23. The van der Waals surface area contributed by atoms with Crippen molar-refractivity contribution >= 4 is 6.09 Å². The minimum Gasteiger partial charge on any atom is -0.506 e. The normalized spacial score (nSPS) is 22.4. The van der Waals surface area contributed by atoms with Gasteiger partial charge < -0.3 is 20.2 Å². The Kier molecular flexibility index (Phi) is 5.60. The molecule has 1 aromatic carbocycles. The molecule has 1 amide bonds. The van der Waals surface area contributed by atoms with E-state index in [0.717, 1.165) is 0 Å². The number of pyridine rings is 1. The number of nitrogens with zero attached hydrogens (tertiary/aromatic N) is 2. The molecule has 27 heavy (non-hydrogen) atoms. The average Bonchev–Trinajstić information content (AvgIpc) is 2.65. The standard InChI is InChI=1S/C20H23FN2O4/c21-17-4-2-1-3-15(17)13-23(19(25)26)12-14-7-9-20(27,10-8-14)18-6-5-16(24)11-22-18/h1-6,11,14,24,27H,7-10,12-13H2,(H,25,26). The molecule has 0 bridgehead atoms. The van der Waals surface area contributed by atoms with Crippen LogP contribution >= 0.6 is 0 Å². The average molecular weight is 374 g/mol. The molecule has 144 valence electrons. The van der Waals surface area contributed by atoms with Gasteiger partial charge in [0.05, 0.1) is 18.4 Å². The van der Waals surface area contributed by atoms with E-state index < -0.39 is 17.5 Å². The summed E-state index contributed by atoms with van der Waals surface area (Å²) in [5.74, 6) is -0.285. The molecular formula is C20H23FN2O4. The van der Waals surface area contributed by atoms with Crippen LogP contribution in [-0.2, 0) is 12.1 Å². The number of hydrogen-bond donors (Lipinski definition) is 3. The van der Waals surface area contributed by atoms with Gasteiger partial charge >= 0.3 is 6.09 Å². The third-order valence-corrected chi connectivity index (χ3v) is 5.23. The molecule has 3 N–H and O–H groups in total. The van der Waals surface area contributed by atoms with Gasteiger partial charge in [0.15, 0.2) is 0 Å². The summed E-state index contributed by atoms with van der Waals surface area (Å²) in [5.41, 5.74) is -0.204. The first-order valence-corrected chi connectivity index (χ1v) is 8.96. The lowest BCUT2D eigenvalue weighted by Crippen LogP contribution is -2.38. The Hall–Kier alpha value is -2.67. The summed E-state index contributed by atoms with van der Waals surface area (Å²) in [6, 6.07) is 9.26. The molecule has 0 saturated heterocycles. The number of amides is 1. The minimum atomic E-state index is -1.08. The number of hydrogen-bond acceptors (Lipinski definition) is 4. The van der Waals surface area contributed by atoms with Crippen LogP contribution in [0, 0.1) is 11.7 Å². The Bertz CT molecular complexity index is 789. The predicted octanol–water partition coefficient (Wildman–Crippen LogP) is 3.48. The van der Waals surface area contributed by atoms with E-state index in [2.05, 4.69) is 4.98 Å². The SMILES string of the molecule is O=C(O)N(Cc1ccccc1F)CC1CCC(O)(c2ccc(O)cn2)CC1. The van der Waals surface area contributed by atoms with Gasteiger partial charge in [-0.3, -0.25) is 4.98 Å². The Labute approximate surface area is 156 Å². The lowest BCUT2D eigenvalue weighted by atomic mass is 9.76. The van der Waals surface area contributed by atoms with E-state index in [-0.39, 0.29) is 18.2 Å². The van der Waals surface area contributed by atoms with Gasteiger partial charge in [0.2, 0.25) is 0 Å². The minimum absolute atomic E-state index is 0.00227. The summed E-state index contributed by atoms with van der Waals surface area (Å²) in [6.07, 6.45) is 2.42. The van der Waals surface area contributed by atoms with E-state index in [9.17, 15) is 24.5 Å². The van der Waals surface area contributed by atoms with Crippen LogP contribution in [0.1, 0.15) is 36.9 Å². The fraction of sp³-hybridized carbons (Fsp3) is 0.400. The van der Waals surface area contributed by atoms with Crippen molar-refractivity contribution in [2.45, 2.75) is 37.8 Å². The number of aliphatic hydroxyl groups is 1. The van der Waals surface area contributed by atoms with Gasteiger partial charge in [-0.25, -0.2) is 9.18 Å². The molecule has 6 nitrogen and oxygen atoms in total. The second kappa shape index (κ2) is 7.92. The zero-order valence-electron chi connectivity index (χ0n) is 14.9. The highest BCUT2D eigenvalue weighted by molar-refractivity contribution is 5.65. The molecule has 0 unspecified atom stereocenters. The highest BCUT2D eigenvalue weighted by Gasteiger charge is 2.36. The molecule has 0 spiro atoms. The molecule has 2 aromatic rings. The predicted molar refractivity (Wildman–Crippen MR) is 96.6 cm³/mol. The molecule has 1 heterocycles. The number of benzene rings is 1. The van der Waals surface area contributed by atoms with E-state index in [1.54, 1.807) is 24.3 Å². The number of rotatable bonds is 5. The van der Waals surface area contributed by atoms with Crippen LogP contribution in [0.5, 0.6) is 5.75 Å². The first-order chi connectivity index (χ1) is 12.9. The topological polar surface area (TPSA) is 93.9 Å². The molecular weight excluding hydrogens is 351 g/mol.